The largest absolute Gasteiger partial charge is 0.343 e. The van der Waals surface area contributed by atoms with Gasteiger partial charge in [-0.2, -0.15) is 0 Å². The van der Waals surface area contributed by atoms with Gasteiger partial charge in [0.2, 0.25) is 5.91 Å². The SMILES string of the molecule is CC1CCc2sc(C(=O)NNC(=O)CNC(=O)c3ccc(N4CCCC4=O)cc3)cc2C1. The molecule has 1 aliphatic carbocycles. The van der Waals surface area contributed by atoms with Gasteiger partial charge in [-0.3, -0.25) is 30.0 Å². The number of carbonyl (C=O) groups is 4. The summed E-state index contributed by atoms with van der Waals surface area (Å²) >= 11 is 1.47. The van der Waals surface area contributed by atoms with Gasteiger partial charge in [0.1, 0.15) is 0 Å². The fraction of sp³-hybridized carbons (Fsp3) is 0.391. The van der Waals surface area contributed by atoms with Gasteiger partial charge in [-0.25, -0.2) is 0 Å². The molecule has 0 bridgehead atoms. The standard InChI is InChI=1S/C23H26N4O4S/c1-14-4-9-18-16(11-14)12-19(32-18)23(31)26-25-20(28)13-24-22(30)15-5-7-17(8-6-15)27-10-2-3-21(27)29/h5-8,12,14H,2-4,9-11,13H2,1H3,(H,24,30)(H,25,28)(H,26,31). The van der Waals surface area contributed by atoms with Gasteiger partial charge in [0.15, 0.2) is 0 Å². The van der Waals surface area contributed by atoms with Crippen LogP contribution in [0, 0.1) is 5.92 Å². The molecule has 9 heteroatoms. The highest BCUT2D eigenvalue weighted by molar-refractivity contribution is 7.14. The predicted molar refractivity (Wildman–Crippen MR) is 121 cm³/mol. The zero-order chi connectivity index (χ0) is 22.7. The van der Waals surface area contributed by atoms with Gasteiger partial charge in [0.05, 0.1) is 11.4 Å². The number of anilines is 1. The van der Waals surface area contributed by atoms with Crippen molar-refractivity contribution >= 4 is 40.7 Å². The number of hydrogen-bond acceptors (Lipinski definition) is 5. The van der Waals surface area contributed by atoms with Crippen LogP contribution in [0.15, 0.2) is 30.3 Å². The van der Waals surface area contributed by atoms with E-state index in [0.717, 1.165) is 31.4 Å². The minimum Gasteiger partial charge on any atom is -0.343 e. The van der Waals surface area contributed by atoms with Crippen LogP contribution in [-0.2, 0) is 22.4 Å². The van der Waals surface area contributed by atoms with Crippen molar-refractivity contribution < 1.29 is 19.2 Å². The lowest BCUT2D eigenvalue weighted by Crippen LogP contribution is -2.46. The zero-order valence-electron chi connectivity index (χ0n) is 17.9. The van der Waals surface area contributed by atoms with Crippen molar-refractivity contribution in [3.63, 3.8) is 0 Å². The molecule has 2 aliphatic rings. The highest BCUT2D eigenvalue weighted by atomic mass is 32.1. The average Bonchev–Trinajstić information content (AvgIpc) is 3.41. The number of aryl methyl sites for hydroxylation is 1. The second kappa shape index (κ2) is 9.52. The molecule has 1 atom stereocenters. The van der Waals surface area contributed by atoms with Crippen molar-refractivity contribution in [2.24, 2.45) is 5.92 Å². The van der Waals surface area contributed by atoms with Crippen LogP contribution >= 0.6 is 11.3 Å². The first-order valence-electron chi connectivity index (χ1n) is 10.8. The summed E-state index contributed by atoms with van der Waals surface area (Å²) in [4.78, 5) is 52.0. The van der Waals surface area contributed by atoms with Gasteiger partial charge in [-0.05, 0) is 67.5 Å². The molecule has 0 spiro atoms. The fourth-order valence-corrected chi connectivity index (χ4v) is 5.13. The van der Waals surface area contributed by atoms with Gasteiger partial charge in [0.25, 0.3) is 17.7 Å². The van der Waals surface area contributed by atoms with Crippen molar-refractivity contribution in [1.82, 2.24) is 16.2 Å². The monoisotopic (exact) mass is 454 g/mol. The molecular weight excluding hydrogens is 428 g/mol. The third kappa shape index (κ3) is 4.99. The molecule has 1 saturated heterocycles. The van der Waals surface area contributed by atoms with Crippen LogP contribution in [0.5, 0.6) is 0 Å². The molecule has 4 rings (SSSR count). The van der Waals surface area contributed by atoms with Gasteiger partial charge < -0.3 is 10.2 Å². The molecule has 8 nitrogen and oxygen atoms in total. The third-order valence-corrected chi connectivity index (χ3v) is 7.03. The molecule has 1 aliphatic heterocycles. The molecule has 2 aromatic rings. The summed E-state index contributed by atoms with van der Waals surface area (Å²) in [6, 6.07) is 8.59. The van der Waals surface area contributed by atoms with E-state index in [1.807, 2.05) is 6.07 Å². The van der Waals surface area contributed by atoms with Crippen molar-refractivity contribution in [2.45, 2.75) is 39.0 Å². The number of nitrogens with zero attached hydrogens (tertiary/aromatic N) is 1. The minimum atomic E-state index is -0.527. The number of amides is 4. The first-order chi connectivity index (χ1) is 15.4. The van der Waals surface area contributed by atoms with Gasteiger partial charge >= 0.3 is 0 Å². The normalized spacial score (nSPS) is 17.6. The average molecular weight is 455 g/mol. The lowest BCUT2D eigenvalue weighted by molar-refractivity contribution is -0.121. The van der Waals surface area contributed by atoms with Crippen LogP contribution in [0.3, 0.4) is 0 Å². The molecule has 1 aromatic heterocycles. The Morgan fingerprint density at radius 1 is 1.09 bits per heavy atom. The number of benzene rings is 1. The van der Waals surface area contributed by atoms with E-state index in [-0.39, 0.29) is 18.4 Å². The van der Waals surface area contributed by atoms with Crippen molar-refractivity contribution in [3.05, 3.63) is 51.2 Å². The van der Waals surface area contributed by atoms with Crippen LogP contribution in [-0.4, -0.2) is 36.7 Å². The van der Waals surface area contributed by atoms with E-state index in [2.05, 4.69) is 23.1 Å². The number of hydrogen-bond donors (Lipinski definition) is 3. The third-order valence-electron chi connectivity index (χ3n) is 5.79. The van der Waals surface area contributed by atoms with E-state index < -0.39 is 11.8 Å². The molecule has 1 fully saturated rings. The Morgan fingerprint density at radius 2 is 1.88 bits per heavy atom. The highest BCUT2D eigenvalue weighted by Crippen LogP contribution is 2.32. The Balaban J connectivity index is 1.23. The number of carbonyl (C=O) groups excluding carboxylic acids is 4. The quantitative estimate of drug-likeness (QED) is 0.602. The second-order valence-corrected chi connectivity index (χ2v) is 9.42. The maximum absolute atomic E-state index is 12.3. The predicted octanol–water partition coefficient (Wildman–Crippen LogP) is 2.19. The maximum atomic E-state index is 12.3. The first-order valence-corrected chi connectivity index (χ1v) is 11.6. The molecule has 1 unspecified atom stereocenters. The molecule has 168 valence electrons. The summed E-state index contributed by atoms with van der Waals surface area (Å²) in [6.45, 7) is 2.62. The second-order valence-electron chi connectivity index (χ2n) is 8.29. The molecule has 2 heterocycles. The molecule has 3 N–H and O–H groups in total. The summed E-state index contributed by atoms with van der Waals surface area (Å²) in [5.74, 6) is -0.594. The molecule has 0 radical (unpaired) electrons. The Bertz CT molecular complexity index is 1050. The highest BCUT2D eigenvalue weighted by Gasteiger charge is 2.22. The topological polar surface area (TPSA) is 108 Å². The van der Waals surface area contributed by atoms with E-state index in [1.54, 1.807) is 29.2 Å². The Morgan fingerprint density at radius 3 is 2.59 bits per heavy atom. The molecule has 32 heavy (non-hydrogen) atoms. The fourth-order valence-electron chi connectivity index (χ4n) is 4.03. The van der Waals surface area contributed by atoms with Crippen molar-refractivity contribution in [3.8, 4) is 0 Å². The minimum absolute atomic E-state index is 0.0817. The maximum Gasteiger partial charge on any atom is 0.279 e. The summed E-state index contributed by atoms with van der Waals surface area (Å²) in [5.41, 5.74) is 7.11. The van der Waals surface area contributed by atoms with Crippen LogP contribution in [0.2, 0.25) is 0 Å². The van der Waals surface area contributed by atoms with Crippen molar-refractivity contribution in [1.29, 1.82) is 0 Å². The number of hydrazine groups is 1. The molecular formula is C23H26N4O4S. The Kier molecular flexibility index (Phi) is 6.55. The summed E-state index contributed by atoms with van der Waals surface area (Å²) < 4.78 is 0. The molecule has 0 saturated carbocycles. The first kappa shape index (κ1) is 22.0. The zero-order valence-corrected chi connectivity index (χ0v) is 18.7. The summed E-state index contributed by atoms with van der Waals surface area (Å²) in [7, 11) is 0. The van der Waals surface area contributed by atoms with Gasteiger partial charge in [0, 0.05) is 29.1 Å². The van der Waals surface area contributed by atoms with E-state index >= 15 is 0 Å². The number of nitrogens with one attached hydrogen (secondary N) is 3. The molecule has 4 amide bonds. The van der Waals surface area contributed by atoms with Crippen LogP contribution in [0.4, 0.5) is 5.69 Å². The Labute approximate surface area is 190 Å². The van der Waals surface area contributed by atoms with Crippen molar-refractivity contribution in [2.75, 3.05) is 18.0 Å². The lowest BCUT2D eigenvalue weighted by atomic mass is 9.90. The van der Waals surface area contributed by atoms with Crippen LogP contribution < -0.4 is 21.1 Å². The van der Waals surface area contributed by atoms with E-state index in [0.29, 0.717) is 29.3 Å². The van der Waals surface area contributed by atoms with Crippen LogP contribution in [0.1, 0.15) is 56.7 Å². The smallest absolute Gasteiger partial charge is 0.279 e. The number of fused-ring (bicyclic) bond motifs is 1. The van der Waals surface area contributed by atoms with Gasteiger partial charge in [-0.1, -0.05) is 6.92 Å². The molecule has 1 aromatic carbocycles. The Hall–Kier alpha value is -3.20. The van der Waals surface area contributed by atoms with E-state index in [4.69, 9.17) is 0 Å². The lowest BCUT2D eigenvalue weighted by Gasteiger charge is -2.16. The van der Waals surface area contributed by atoms with E-state index in [9.17, 15) is 19.2 Å². The number of rotatable bonds is 5. The van der Waals surface area contributed by atoms with Crippen LogP contribution in [0.25, 0.3) is 0 Å². The number of thiophene rings is 1. The van der Waals surface area contributed by atoms with Gasteiger partial charge in [-0.15, -0.1) is 11.3 Å². The summed E-state index contributed by atoms with van der Waals surface area (Å²) in [5, 5.41) is 2.52. The summed E-state index contributed by atoms with van der Waals surface area (Å²) in [6.07, 6.45) is 4.47. The van der Waals surface area contributed by atoms with E-state index in [1.165, 1.54) is 21.8 Å².